The van der Waals surface area contributed by atoms with Gasteiger partial charge in [0.1, 0.15) is 6.04 Å². The highest BCUT2D eigenvalue weighted by atomic mass is 16.4. The Kier molecular flexibility index (Phi) is 4.74. The summed E-state index contributed by atoms with van der Waals surface area (Å²) in [6.45, 7) is 2.56. The molecule has 98 valence electrons. The van der Waals surface area contributed by atoms with Crippen molar-refractivity contribution in [3.8, 4) is 0 Å². The number of rotatable bonds is 3. The molecule has 1 heterocycles. The standard InChI is InChI=1S/C11H20N2O4/c1-8-3-4-13(9(7-8)10(15)16)11(17)12(2)5-6-14/h8-9,14H,3-7H2,1-2H3,(H,15,16). The molecule has 1 aliphatic rings. The lowest BCUT2D eigenvalue weighted by molar-refractivity contribution is -0.144. The molecule has 0 aromatic carbocycles. The molecular formula is C11H20N2O4. The van der Waals surface area contributed by atoms with Crippen molar-refractivity contribution >= 4 is 12.0 Å². The third kappa shape index (κ3) is 3.33. The van der Waals surface area contributed by atoms with Crippen molar-refractivity contribution in [3.63, 3.8) is 0 Å². The Morgan fingerprint density at radius 2 is 2.12 bits per heavy atom. The van der Waals surface area contributed by atoms with Gasteiger partial charge >= 0.3 is 12.0 Å². The van der Waals surface area contributed by atoms with Gasteiger partial charge < -0.3 is 20.0 Å². The molecule has 0 saturated carbocycles. The molecule has 1 rings (SSSR count). The fourth-order valence-corrected chi connectivity index (χ4v) is 2.07. The number of nitrogens with zero attached hydrogens (tertiary/aromatic N) is 2. The van der Waals surface area contributed by atoms with Gasteiger partial charge in [0.15, 0.2) is 0 Å². The molecule has 2 unspecified atom stereocenters. The van der Waals surface area contributed by atoms with E-state index in [1.807, 2.05) is 6.92 Å². The Labute approximate surface area is 101 Å². The molecule has 0 aromatic rings. The molecule has 2 N–H and O–H groups in total. The topological polar surface area (TPSA) is 81.1 Å². The first-order valence-corrected chi connectivity index (χ1v) is 5.82. The molecule has 2 amide bonds. The van der Waals surface area contributed by atoms with Crippen LogP contribution in [0.3, 0.4) is 0 Å². The predicted molar refractivity (Wildman–Crippen MR) is 61.6 cm³/mol. The largest absolute Gasteiger partial charge is 0.480 e. The molecule has 0 aliphatic carbocycles. The first-order chi connectivity index (χ1) is 7.97. The van der Waals surface area contributed by atoms with Crippen molar-refractivity contribution < 1.29 is 19.8 Å². The molecule has 17 heavy (non-hydrogen) atoms. The lowest BCUT2D eigenvalue weighted by atomic mass is 9.93. The number of aliphatic hydroxyl groups excluding tert-OH is 1. The minimum absolute atomic E-state index is 0.121. The van der Waals surface area contributed by atoms with Crippen molar-refractivity contribution in [2.24, 2.45) is 5.92 Å². The molecule has 1 fully saturated rings. The van der Waals surface area contributed by atoms with Gasteiger partial charge in [-0.05, 0) is 18.8 Å². The van der Waals surface area contributed by atoms with E-state index in [9.17, 15) is 9.59 Å². The zero-order valence-electron chi connectivity index (χ0n) is 10.3. The zero-order valence-corrected chi connectivity index (χ0v) is 10.3. The number of aliphatic hydroxyl groups is 1. The van der Waals surface area contributed by atoms with Gasteiger partial charge in [-0.1, -0.05) is 6.92 Å². The Morgan fingerprint density at radius 3 is 2.65 bits per heavy atom. The van der Waals surface area contributed by atoms with Gasteiger partial charge in [0, 0.05) is 20.1 Å². The van der Waals surface area contributed by atoms with Crippen LogP contribution in [0.25, 0.3) is 0 Å². The van der Waals surface area contributed by atoms with E-state index in [0.29, 0.717) is 18.9 Å². The van der Waals surface area contributed by atoms with E-state index < -0.39 is 12.0 Å². The first kappa shape index (κ1) is 13.8. The quantitative estimate of drug-likeness (QED) is 0.744. The first-order valence-electron chi connectivity index (χ1n) is 5.82. The van der Waals surface area contributed by atoms with Gasteiger partial charge in [0.25, 0.3) is 0 Å². The fraction of sp³-hybridized carbons (Fsp3) is 0.818. The van der Waals surface area contributed by atoms with Crippen LogP contribution >= 0.6 is 0 Å². The highest BCUT2D eigenvalue weighted by molar-refractivity contribution is 5.82. The van der Waals surface area contributed by atoms with Gasteiger partial charge in [0.05, 0.1) is 6.61 Å². The summed E-state index contributed by atoms with van der Waals surface area (Å²) in [6.07, 6.45) is 1.32. The van der Waals surface area contributed by atoms with E-state index in [0.717, 1.165) is 6.42 Å². The van der Waals surface area contributed by atoms with Crippen LogP contribution in [-0.2, 0) is 4.79 Å². The van der Waals surface area contributed by atoms with E-state index in [2.05, 4.69) is 0 Å². The summed E-state index contributed by atoms with van der Waals surface area (Å²) in [5, 5.41) is 17.9. The fourth-order valence-electron chi connectivity index (χ4n) is 2.07. The summed E-state index contributed by atoms with van der Waals surface area (Å²) < 4.78 is 0. The van der Waals surface area contributed by atoms with Crippen molar-refractivity contribution in [2.45, 2.75) is 25.8 Å². The summed E-state index contributed by atoms with van der Waals surface area (Å²) in [5.74, 6) is -0.634. The lowest BCUT2D eigenvalue weighted by Gasteiger charge is -2.38. The number of likely N-dealkylation sites (tertiary alicyclic amines) is 1. The predicted octanol–water partition coefficient (Wildman–Crippen LogP) is 0.216. The SMILES string of the molecule is CC1CCN(C(=O)N(C)CCO)C(C(=O)O)C1. The normalized spacial score (nSPS) is 24.5. The van der Waals surface area contributed by atoms with Crippen LogP contribution in [0.5, 0.6) is 0 Å². The number of carbonyl (C=O) groups is 2. The second-order valence-electron chi connectivity index (χ2n) is 4.60. The summed E-state index contributed by atoms with van der Waals surface area (Å²) in [7, 11) is 1.56. The number of carboxylic acid groups (broad SMARTS) is 1. The highest BCUT2D eigenvalue weighted by Crippen LogP contribution is 2.23. The average molecular weight is 244 g/mol. The van der Waals surface area contributed by atoms with Crippen molar-refractivity contribution in [1.29, 1.82) is 0 Å². The number of hydrogen-bond acceptors (Lipinski definition) is 3. The zero-order chi connectivity index (χ0) is 13.0. The van der Waals surface area contributed by atoms with Crippen LogP contribution in [-0.4, -0.2) is 64.8 Å². The molecule has 0 spiro atoms. The molecule has 1 aliphatic heterocycles. The number of hydrogen-bond donors (Lipinski definition) is 2. The van der Waals surface area contributed by atoms with E-state index >= 15 is 0 Å². The highest BCUT2D eigenvalue weighted by Gasteiger charge is 2.35. The van der Waals surface area contributed by atoms with Crippen LogP contribution in [0.15, 0.2) is 0 Å². The van der Waals surface area contributed by atoms with Crippen molar-refractivity contribution in [2.75, 3.05) is 26.7 Å². The number of aliphatic carboxylic acids is 1. The average Bonchev–Trinajstić information content (AvgIpc) is 2.28. The molecule has 2 atom stereocenters. The second kappa shape index (κ2) is 5.86. The van der Waals surface area contributed by atoms with E-state index in [4.69, 9.17) is 10.2 Å². The number of amides is 2. The van der Waals surface area contributed by atoms with E-state index in [1.54, 1.807) is 7.05 Å². The molecule has 6 nitrogen and oxygen atoms in total. The smallest absolute Gasteiger partial charge is 0.326 e. The van der Waals surface area contributed by atoms with Crippen molar-refractivity contribution in [3.05, 3.63) is 0 Å². The van der Waals surface area contributed by atoms with E-state index in [-0.39, 0.29) is 19.2 Å². The molecule has 1 saturated heterocycles. The maximum atomic E-state index is 12.0. The molecule has 0 aromatic heterocycles. The maximum absolute atomic E-state index is 12.0. The van der Waals surface area contributed by atoms with Crippen LogP contribution in [0, 0.1) is 5.92 Å². The minimum Gasteiger partial charge on any atom is -0.480 e. The molecule has 0 bridgehead atoms. The van der Waals surface area contributed by atoms with Crippen LogP contribution in [0.2, 0.25) is 0 Å². The monoisotopic (exact) mass is 244 g/mol. The van der Waals surface area contributed by atoms with Gasteiger partial charge in [-0.2, -0.15) is 0 Å². The Morgan fingerprint density at radius 1 is 1.47 bits per heavy atom. The number of piperidine rings is 1. The lowest BCUT2D eigenvalue weighted by Crippen LogP contribution is -2.53. The Balaban J connectivity index is 2.72. The molecule has 0 radical (unpaired) electrons. The van der Waals surface area contributed by atoms with Crippen LogP contribution < -0.4 is 0 Å². The Hall–Kier alpha value is -1.30. The van der Waals surface area contributed by atoms with Crippen LogP contribution in [0.1, 0.15) is 19.8 Å². The number of likely N-dealkylation sites (N-methyl/N-ethyl adjacent to an activating group) is 1. The summed E-state index contributed by atoms with van der Waals surface area (Å²) in [5.41, 5.74) is 0. The second-order valence-corrected chi connectivity index (χ2v) is 4.60. The Bertz CT molecular complexity index is 295. The summed E-state index contributed by atoms with van der Waals surface area (Å²) in [4.78, 5) is 25.9. The summed E-state index contributed by atoms with van der Waals surface area (Å²) >= 11 is 0. The molecule has 6 heteroatoms. The van der Waals surface area contributed by atoms with Gasteiger partial charge in [-0.3, -0.25) is 0 Å². The van der Waals surface area contributed by atoms with Crippen molar-refractivity contribution in [1.82, 2.24) is 9.80 Å². The van der Waals surface area contributed by atoms with Gasteiger partial charge in [0.2, 0.25) is 0 Å². The van der Waals surface area contributed by atoms with E-state index in [1.165, 1.54) is 9.80 Å². The maximum Gasteiger partial charge on any atom is 0.326 e. The third-order valence-corrected chi connectivity index (χ3v) is 3.16. The third-order valence-electron chi connectivity index (χ3n) is 3.16. The number of urea groups is 1. The number of carbonyl (C=O) groups excluding carboxylic acids is 1. The van der Waals surface area contributed by atoms with Crippen LogP contribution in [0.4, 0.5) is 4.79 Å². The summed E-state index contributed by atoms with van der Waals surface area (Å²) in [6, 6.07) is -1.06. The molecular weight excluding hydrogens is 224 g/mol. The number of carboxylic acids is 1. The van der Waals surface area contributed by atoms with Gasteiger partial charge in [-0.25, -0.2) is 9.59 Å². The minimum atomic E-state index is -0.956. The van der Waals surface area contributed by atoms with Gasteiger partial charge in [-0.15, -0.1) is 0 Å².